The van der Waals surface area contributed by atoms with Crippen molar-refractivity contribution in [3.05, 3.63) is 23.3 Å². The number of benzene rings is 1. The summed E-state index contributed by atoms with van der Waals surface area (Å²) in [7, 11) is 0. The molecule has 1 spiro atoms. The standard InChI is InChI=1S/C12H14O2/c1-8-2-3-9(13)10-11(8)14-7-6-12(10)4-5-12/h2-3,13H,4-7H2,1H3. The second kappa shape index (κ2) is 2.44. The van der Waals surface area contributed by atoms with Crippen molar-refractivity contribution in [2.24, 2.45) is 0 Å². The monoisotopic (exact) mass is 190 g/mol. The van der Waals surface area contributed by atoms with Crippen LogP contribution in [0.5, 0.6) is 11.5 Å². The molecule has 1 aromatic carbocycles. The molecule has 2 nitrogen and oxygen atoms in total. The molecular weight excluding hydrogens is 176 g/mol. The Morgan fingerprint density at radius 1 is 1.29 bits per heavy atom. The van der Waals surface area contributed by atoms with Crippen LogP contribution in [0.15, 0.2) is 12.1 Å². The molecule has 2 heteroatoms. The quantitative estimate of drug-likeness (QED) is 0.681. The fraction of sp³-hybridized carbons (Fsp3) is 0.500. The zero-order valence-corrected chi connectivity index (χ0v) is 8.34. The largest absolute Gasteiger partial charge is 0.508 e. The molecule has 2 aliphatic rings. The van der Waals surface area contributed by atoms with Gasteiger partial charge in [-0.25, -0.2) is 0 Å². The Kier molecular flexibility index (Phi) is 1.42. The summed E-state index contributed by atoms with van der Waals surface area (Å²) in [5.74, 6) is 1.36. The van der Waals surface area contributed by atoms with Gasteiger partial charge in [-0.1, -0.05) is 6.07 Å². The highest BCUT2D eigenvalue weighted by Gasteiger charge is 2.49. The van der Waals surface area contributed by atoms with E-state index >= 15 is 0 Å². The van der Waals surface area contributed by atoms with E-state index in [9.17, 15) is 5.11 Å². The Hall–Kier alpha value is -1.18. The number of phenolic OH excluding ortho intramolecular Hbond substituents is 1. The number of fused-ring (bicyclic) bond motifs is 2. The van der Waals surface area contributed by atoms with Gasteiger partial charge in [-0.05, 0) is 37.8 Å². The van der Waals surface area contributed by atoms with Crippen molar-refractivity contribution in [1.29, 1.82) is 0 Å². The van der Waals surface area contributed by atoms with E-state index in [1.54, 1.807) is 6.07 Å². The SMILES string of the molecule is Cc1ccc(O)c2c1OCCC21CC1. The van der Waals surface area contributed by atoms with Gasteiger partial charge in [0.05, 0.1) is 6.61 Å². The fourth-order valence-electron chi connectivity index (χ4n) is 2.50. The van der Waals surface area contributed by atoms with Gasteiger partial charge in [0.2, 0.25) is 0 Å². The number of ether oxygens (including phenoxy) is 1. The van der Waals surface area contributed by atoms with Gasteiger partial charge in [0.1, 0.15) is 11.5 Å². The van der Waals surface area contributed by atoms with Crippen LogP contribution in [-0.2, 0) is 5.41 Å². The molecule has 0 aromatic heterocycles. The lowest BCUT2D eigenvalue weighted by molar-refractivity contribution is 0.253. The zero-order chi connectivity index (χ0) is 9.76. The van der Waals surface area contributed by atoms with E-state index in [-0.39, 0.29) is 5.41 Å². The molecule has 1 N–H and O–H groups in total. The van der Waals surface area contributed by atoms with Crippen LogP contribution in [0.25, 0.3) is 0 Å². The number of aryl methyl sites for hydroxylation is 1. The molecule has 3 rings (SSSR count). The summed E-state index contributed by atoms with van der Waals surface area (Å²) in [6.45, 7) is 2.84. The van der Waals surface area contributed by atoms with Crippen LogP contribution in [0.3, 0.4) is 0 Å². The first-order valence-corrected chi connectivity index (χ1v) is 5.19. The van der Waals surface area contributed by atoms with E-state index in [1.165, 1.54) is 12.8 Å². The molecule has 0 atom stereocenters. The predicted molar refractivity (Wildman–Crippen MR) is 53.9 cm³/mol. The van der Waals surface area contributed by atoms with E-state index in [1.807, 2.05) is 13.0 Å². The summed E-state index contributed by atoms with van der Waals surface area (Å²) in [5.41, 5.74) is 2.48. The lowest BCUT2D eigenvalue weighted by Gasteiger charge is -2.27. The zero-order valence-electron chi connectivity index (χ0n) is 8.34. The van der Waals surface area contributed by atoms with Crippen molar-refractivity contribution in [1.82, 2.24) is 0 Å². The van der Waals surface area contributed by atoms with Crippen molar-refractivity contribution in [2.75, 3.05) is 6.61 Å². The van der Waals surface area contributed by atoms with Crippen LogP contribution >= 0.6 is 0 Å². The summed E-state index contributed by atoms with van der Waals surface area (Å²) >= 11 is 0. The molecule has 1 aromatic rings. The van der Waals surface area contributed by atoms with Gasteiger partial charge in [0, 0.05) is 11.0 Å². The van der Waals surface area contributed by atoms with Gasteiger partial charge in [-0.3, -0.25) is 0 Å². The van der Waals surface area contributed by atoms with Gasteiger partial charge in [-0.15, -0.1) is 0 Å². The van der Waals surface area contributed by atoms with E-state index in [0.29, 0.717) is 5.75 Å². The summed E-state index contributed by atoms with van der Waals surface area (Å²) < 4.78 is 5.65. The summed E-state index contributed by atoms with van der Waals surface area (Å²) in [6.07, 6.45) is 3.48. The molecular formula is C12H14O2. The minimum Gasteiger partial charge on any atom is -0.508 e. The third kappa shape index (κ3) is 0.912. The molecule has 0 saturated heterocycles. The maximum absolute atomic E-state index is 9.88. The van der Waals surface area contributed by atoms with Crippen LogP contribution in [0.1, 0.15) is 30.4 Å². The molecule has 0 bridgehead atoms. The number of aromatic hydroxyl groups is 1. The van der Waals surface area contributed by atoms with Gasteiger partial charge >= 0.3 is 0 Å². The molecule has 74 valence electrons. The topological polar surface area (TPSA) is 29.5 Å². The van der Waals surface area contributed by atoms with Gasteiger partial charge in [0.15, 0.2) is 0 Å². The van der Waals surface area contributed by atoms with Crippen LogP contribution in [-0.4, -0.2) is 11.7 Å². The maximum atomic E-state index is 9.88. The molecule has 0 radical (unpaired) electrons. The molecule has 1 aliphatic heterocycles. The minimum atomic E-state index is 0.268. The van der Waals surface area contributed by atoms with Crippen LogP contribution in [0.4, 0.5) is 0 Å². The van der Waals surface area contributed by atoms with Gasteiger partial charge in [0.25, 0.3) is 0 Å². The Balaban J connectivity index is 2.25. The van der Waals surface area contributed by atoms with Crippen molar-refractivity contribution in [3.8, 4) is 11.5 Å². The third-order valence-corrected chi connectivity index (χ3v) is 3.54. The Bertz CT molecular complexity index is 392. The normalized spacial score (nSPS) is 21.5. The predicted octanol–water partition coefficient (Wildman–Crippen LogP) is 2.51. The van der Waals surface area contributed by atoms with Crippen LogP contribution in [0, 0.1) is 6.92 Å². The second-order valence-electron chi connectivity index (χ2n) is 4.48. The lowest BCUT2D eigenvalue weighted by Crippen LogP contribution is -2.20. The molecule has 0 unspecified atom stereocenters. The Labute approximate surface area is 83.5 Å². The molecule has 1 saturated carbocycles. The van der Waals surface area contributed by atoms with E-state index in [0.717, 1.165) is 29.9 Å². The first-order valence-electron chi connectivity index (χ1n) is 5.19. The van der Waals surface area contributed by atoms with Crippen LogP contribution in [0.2, 0.25) is 0 Å². The maximum Gasteiger partial charge on any atom is 0.129 e. The first-order chi connectivity index (χ1) is 6.73. The van der Waals surface area contributed by atoms with E-state index in [4.69, 9.17) is 4.74 Å². The highest BCUT2D eigenvalue weighted by molar-refractivity contribution is 5.56. The fourth-order valence-corrected chi connectivity index (χ4v) is 2.50. The third-order valence-electron chi connectivity index (χ3n) is 3.54. The van der Waals surface area contributed by atoms with E-state index in [2.05, 4.69) is 0 Å². The summed E-state index contributed by atoms with van der Waals surface area (Å²) in [5, 5.41) is 9.88. The van der Waals surface area contributed by atoms with Gasteiger partial charge in [-0.2, -0.15) is 0 Å². The average molecular weight is 190 g/mol. The van der Waals surface area contributed by atoms with Crippen LogP contribution < -0.4 is 4.74 Å². The minimum absolute atomic E-state index is 0.268. The van der Waals surface area contributed by atoms with Gasteiger partial charge < -0.3 is 9.84 Å². The second-order valence-corrected chi connectivity index (χ2v) is 4.48. The molecule has 14 heavy (non-hydrogen) atoms. The number of phenols is 1. The van der Waals surface area contributed by atoms with Crippen molar-refractivity contribution in [3.63, 3.8) is 0 Å². The Morgan fingerprint density at radius 3 is 2.79 bits per heavy atom. The number of hydrogen-bond acceptors (Lipinski definition) is 2. The van der Waals surface area contributed by atoms with E-state index < -0.39 is 0 Å². The van der Waals surface area contributed by atoms with Crippen molar-refractivity contribution < 1.29 is 9.84 Å². The average Bonchev–Trinajstić information content (AvgIpc) is 2.92. The smallest absolute Gasteiger partial charge is 0.129 e. The summed E-state index contributed by atoms with van der Waals surface area (Å²) in [6, 6.07) is 3.72. The lowest BCUT2D eigenvalue weighted by atomic mass is 9.88. The van der Waals surface area contributed by atoms with Crippen molar-refractivity contribution >= 4 is 0 Å². The van der Waals surface area contributed by atoms with Crippen molar-refractivity contribution in [2.45, 2.75) is 31.6 Å². The molecule has 1 heterocycles. The molecule has 1 fully saturated rings. The Morgan fingerprint density at radius 2 is 2.07 bits per heavy atom. The summed E-state index contributed by atoms with van der Waals surface area (Å²) in [4.78, 5) is 0. The highest BCUT2D eigenvalue weighted by atomic mass is 16.5. The highest BCUT2D eigenvalue weighted by Crippen LogP contribution is 2.59. The number of rotatable bonds is 0. The molecule has 0 amide bonds. The molecule has 1 aliphatic carbocycles. The first kappa shape index (κ1) is 8.16. The number of hydrogen-bond donors (Lipinski definition) is 1.